The molecule has 1 unspecified atom stereocenters. The number of aliphatic hydroxyl groups excluding tert-OH is 1. The van der Waals surface area contributed by atoms with Crippen molar-refractivity contribution in [3.63, 3.8) is 0 Å². The van der Waals surface area contributed by atoms with Gasteiger partial charge in [-0.1, -0.05) is 6.07 Å². The SMILES string of the molecule is N#CCCCS(=O)(=O)NCC(O)c1c(F)cccc1F. The molecule has 1 aromatic rings. The van der Waals surface area contributed by atoms with Crippen molar-refractivity contribution in [1.82, 2.24) is 4.72 Å². The Hall–Kier alpha value is -1.56. The topological polar surface area (TPSA) is 90.2 Å². The van der Waals surface area contributed by atoms with Gasteiger partial charge in [0.15, 0.2) is 0 Å². The number of halogens is 2. The molecule has 0 aliphatic rings. The molecule has 110 valence electrons. The molecule has 0 aromatic heterocycles. The fourth-order valence-corrected chi connectivity index (χ4v) is 2.63. The average molecular weight is 304 g/mol. The molecule has 0 aliphatic carbocycles. The number of nitrogens with zero attached hydrogens (tertiary/aromatic N) is 1. The minimum atomic E-state index is -3.69. The first-order chi connectivity index (χ1) is 9.37. The third kappa shape index (κ3) is 4.85. The van der Waals surface area contributed by atoms with Gasteiger partial charge in [0, 0.05) is 13.0 Å². The van der Waals surface area contributed by atoms with E-state index in [1.807, 2.05) is 0 Å². The quantitative estimate of drug-likeness (QED) is 0.741. The Bertz CT molecular complexity index is 579. The summed E-state index contributed by atoms with van der Waals surface area (Å²) in [5, 5.41) is 18.0. The second-order valence-electron chi connectivity index (χ2n) is 4.08. The van der Waals surface area contributed by atoms with Crippen molar-refractivity contribution in [3.8, 4) is 6.07 Å². The second-order valence-corrected chi connectivity index (χ2v) is 6.01. The fourth-order valence-electron chi connectivity index (χ4n) is 1.55. The number of sulfonamides is 1. The van der Waals surface area contributed by atoms with E-state index >= 15 is 0 Å². The van der Waals surface area contributed by atoms with Gasteiger partial charge >= 0.3 is 0 Å². The highest BCUT2D eigenvalue weighted by Crippen LogP contribution is 2.20. The van der Waals surface area contributed by atoms with Gasteiger partial charge in [0.1, 0.15) is 11.6 Å². The maximum Gasteiger partial charge on any atom is 0.211 e. The normalized spacial score (nSPS) is 12.9. The molecule has 0 bridgehead atoms. The lowest BCUT2D eigenvalue weighted by Gasteiger charge is -2.14. The Kier molecular flexibility index (Phi) is 6.01. The highest BCUT2D eigenvalue weighted by atomic mass is 32.2. The third-order valence-electron chi connectivity index (χ3n) is 2.53. The number of unbranched alkanes of at least 4 members (excludes halogenated alkanes) is 1. The fraction of sp³-hybridized carbons (Fsp3) is 0.417. The Morgan fingerprint density at radius 2 is 1.95 bits per heavy atom. The zero-order chi connectivity index (χ0) is 15.2. The van der Waals surface area contributed by atoms with Crippen LogP contribution < -0.4 is 4.72 Å². The van der Waals surface area contributed by atoms with E-state index in [2.05, 4.69) is 4.72 Å². The molecular formula is C12H14F2N2O3S. The minimum absolute atomic E-state index is 0.0887. The first-order valence-electron chi connectivity index (χ1n) is 5.83. The summed E-state index contributed by atoms with van der Waals surface area (Å²) in [7, 11) is -3.69. The predicted molar refractivity (Wildman–Crippen MR) is 68.0 cm³/mol. The van der Waals surface area contributed by atoms with Gasteiger partial charge in [0.2, 0.25) is 10.0 Å². The third-order valence-corrected chi connectivity index (χ3v) is 3.96. The molecule has 0 amide bonds. The Labute approximate surface area is 115 Å². The van der Waals surface area contributed by atoms with Crippen LogP contribution in [0.4, 0.5) is 8.78 Å². The van der Waals surface area contributed by atoms with E-state index in [9.17, 15) is 22.3 Å². The second kappa shape index (κ2) is 7.28. The van der Waals surface area contributed by atoms with E-state index in [0.717, 1.165) is 18.2 Å². The molecule has 2 N–H and O–H groups in total. The number of rotatable bonds is 7. The molecule has 1 aromatic carbocycles. The average Bonchev–Trinajstić information content (AvgIpc) is 2.36. The summed E-state index contributed by atoms with van der Waals surface area (Å²) in [6.07, 6.45) is -1.39. The van der Waals surface area contributed by atoms with Crippen LogP contribution in [0, 0.1) is 23.0 Å². The maximum absolute atomic E-state index is 13.4. The van der Waals surface area contributed by atoms with Crippen molar-refractivity contribution in [2.45, 2.75) is 18.9 Å². The van der Waals surface area contributed by atoms with E-state index in [1.165, 1.54) is 0 Å². The van der Waals surface area contributed by atoms with E-state index < -0.39 is 39.9 Å². The summed E-state index contributed by atoms with van der Waals surface area (Å²) in [6, 6.07) is 4.90. The zero-order valence-electron chi connectivity index (χ0n) is 10.5. The highest BCUT2D eigenvalue weighted by Gasteiger charge is 2.20. The van der Waals surface area contributed by atoms with Gasteiger partial charge in [0.25, 0.3) is 0 Å². The Morgan fingerprint density at radius 1 is 1.35 bits per heavy atom. The van der Waals surface area contributed by atoms with Crippen LogP contribution >= 0.6 is 0 Å². The molecule has 0 saturated carbocycles. The molecule has 0 spiro atoms. The summed E-state index contributed by atoms with van der Waals surface area (Å²) < 4.78 is 51.7. The first kappa shape index (κ1) is 16.5. The molecule has 0 fully saturated rings. The van der Waals surface area contributed by atoms with Gasteiger partial charge in [-0.2, -0.15) is 5.26 Å². The van der Waals surface area contributed by atoms with E-state index in [1.54, 1.807) is 6.07 Å². The Balaban J connectivity index is 2.64. The molecule has 0 radical (unpaired) electrons. The van der Waals surface area contributed by atoms with Crippen LogP contribution in [-0.2, 0) is 10.0 Å². The van der Waals surface area contributed by atoms with Gasteiger partial charge in [-0.05, 0) is 18.6 Å². The lowest BCUT2D eigenvalue weighted by molar-refractivity contribution is 0.172. The van der Waals surface area contributed by atoms with Crippen molar-refractivity contribution in [2.75, 3.05) is 12.3 Å². The van der Waals surface area contributed by atoms with Crippen LogP contribution in [-0.4, -0.2) is 25.8 Å². The lowest BCUT2D eigenvalue weighted by atomic mass is 10.1. The molecule has 0 aliphatic heterocycles. The molecule has 1 atom stereocenters. The summed E-state index contributed by atoms with van der Waals surface area (Å²) in [4.78, 5) is 0. The molecule has 8 heteroatoms. The zero-order valence-corrected chi connectivity index (χ0v) is 11.3. The van der Waals surface area contributed by atoms with Gasteiger partial charge in [-0.3, -0.25) is 0 Å². The van der Waals surface area contributed by atoms with E-state index in [0.29, 0.717) is 0 Å². The minimum Gasteiger partial charge on any atom is -0.387 e. The smallest absolute Gasteiger partial charge is 0.211 e. The molecule has 20 heavy (non-hydrogen) atoms. The van der Waals surface area contributed by atoms with Crippen LogP contribution in [0.25, 0.3) is 0 Å². The van der Waals surface area contributed by atoms with Crippen molar-refractivity contribution in [3.05, 3.63) is 35.4 Å². The lowest BCUT2D eigenvalue weighted by Crippen LogP contribution is -2.31. The standard InChI is InChI=1S/C12H14F2N2O3S/c13-9-4-3-5-10(14)12(9)11(17)8-16-20(18,19)7-2-1-6-15/h3-5,11,16-17H,1-2,7-8H2. The molecule has 0 heterocycles. The Morgan fingerprint density at radius 3 is 2.50 bits per heavy atom. The highest BCUT2D eigenvalue weighted by molar-refractivity contribution is 7.89. The summed E-state index contributed by atoms with van der Waals surface area (Å²) in [6.45, 7) is -0.535. The molecule has 5 nitrogen and oxygen atoms in total. The van der Waals surface area contributed by atoms with Gasteiger partial charge in [0.05, 0.1) is 23.5 Å². The number of nitriles is 1. The maximum atomic E-state index is 13.4. The molecular weight excluding hydrogens is 290 g/mol. The first-order valence-corrected chi connectivity index (χ1v) is 7.49. The van der Waals surface area contributed by atoms with Crippen molar-refractivity contribution >= 4 is 10.0 Å². The number of hydrogen-bond acceptors (Lipinski definition) is 4. The number of hydrogen-bond donors (Lipinski definition) is 2. The number of nitrogens with one attached hydrogen (secondary N) is 1. The van der Waals surface area contributed by atoms with Crippen molar-refractivity contribution < 1.29 is 22.3 Å². The molecule has 1 rings (SSSR count). The van der Waals surface area contributed by atoms with Crippen LogP contribution in [0.2, 0.25) is 0 Å². The van der Waals surface area contributed by atoms with Crippen molar-refractivity contribution in [2.24, 2.45) is 0 Å². The summed E-state index contributed by atoms with van der Waals surface area (Å²) in [5.74, 6) is -2.17. The van der Waals surface area contributed by atoms with Gasteiger partial charge in [-0.25, -0.2) is 21.9 Å². The van der Waals surface area contributed by atoms with Crippen LogP contribution in [0.15, 0.2) is 18.2 Å². The summed E-state index contributed by atoms with van der Waals surface area (Å²) in [5.41, 5.74) is -0.577. The largest absolute Gasteiger partial charge is 0.387 e. The predicted octanol–water partition coefficient (Wildman–Crippen LogP) is 1.22. The number of benzene rings is 1. The van der Waals surface area contributed by atoms with Crippen molar-refractivity contribution in [1.29, 1.82) is 5.26 Å². The van der Waals surface area contributed by atoms with Crippen LogP contribution in [0.5, 0.6) is 0 Å². The molecule has 0 saturated heterocycles. The van der Waals surface area contributed by atoms with E-state index in [4.69, 9.17) is 5.26 Å². The summed E-state index contributed by atoms with van der Waals surface area (Å²) >= 11 is 0. The monoisotopic (exact) mass is 304 g/mol. The van der Waals surface area contributed by atoms with Gasteiger partial charge in [-0.15, -0.1) is 0 Å². The number of aliphatic hydroxyl groups is 1. The van der Waals surface area contributed by atoms with E-state index in [-0.39, 0.29) is 18.6 Å². The van der Waals surface area contributed by atoms with Crippen LogP contribution in [0.3, 0.4) is 0 Å². The van der Waals surface area contributed by atoms with Crippen LogP contribution in [0.1, 0.15) is 24.5 Å². The van der Waals surface area contributed by atoms with Gasteiger partial charge < -0.3 is 5.11 Å².